The van der Waals surface area contributed by atoms with Crippen molar-refractivity contribution in [2.24, 2.45) is 10.7 Å². The Kier molecular flexibility index (Phi) is 9.44. The predicted molar refractivity (Wildman–Crippen MR) is 93.1 cm³/mol. The average molecular weight is 343 g/mol. The summed E-state index contributed by atoms with van der Waals surface area (Å²) in [6.07, 6.45) is 2.52. The van der Waals surface area contributed by atoms with Crippen molar-refractivity contribution in [3.05, 3.63) is 38.9 Å². The molecule has 1 aromatic rings. The Bertz CT molecular complexity index is 504. The van der Waals surface area contributed by atoms with Gasteiger partial charge in [-0.05, 0) is 12.2 Å². The molecular weight excluding hydrogens is 322 g/mol. The number of hydrogen-bond acceptors (Lipinski definition) is 7. The van der Waals surface area contributed by atoms with E-state index in [0.717, 1.165) is 28.6 Å². The number of aliphatic imine (C=N–C) groups is 1. The maximum Gasteiger partial charge on any atom is 0.259 e. The standard InChI is InChI=1S/C13H21N5O2S2/c1-2-4-15-12(8-18(19)20)16-5-3-6-21-9-11-10-22-13(7-14)17-11/h2,10H,1,3-9,14H2,(H,15,16). The molecule has 0 aromatic carbocycles. The molecule has 122 valence electrons. The largest absolute Gasteiger partial charge is 0.365 e. The first-order valence-electron chi connectivity index (χ1n) is 6.86. The molecule has 9 heteroatoms. The summed E-state index contributed by atoms with van der Waals surface area (Å²) in [6, 6.07) is 0. The van der Waals surface area contributed by atoms with E-state index in [4.69, 9.17) is 5.73 Å². The molecule has 0 bridgehead atoms. The van der Waals surface area contributed by atoms with Crippen LogP contribution in [0.3, 0.4) is 0 Å². The average Bonchev–Trinajstić information content (AvgIpc) is 2.95. The lowest BCUT2D eigenvalue weighted by atomic mass is 10.4. The van der Waals surface area contributed by atoms with Crippen LogP contribution in [0, 0.1) is 10.1 Å². The third kappa shape index (κ3) is 8.11. The number of thiazole rings is 1. The van der Waals surface area contributed by atoms with E-state index >= 15 is 0 Å². The number of hydrogen-bond donors (Lipinski definition) is 2. The molecule has 0 aliphatic carbocycles. The molecule has 22 heavy (non-hydrogen) atoms. The molecule has 0 radical (unpaired) electrons. The van der Waals surface area contributed by atoms with E-state index in [2.05, 4.69) is 21.9 Å². The number of nitrogens with one attached hydrogen (secondary N) is 1. The van der Waals surface area contributed by atoms with Gasteiger partial charge in [-0.1, -0.05) is 6.08 Å². The van der Waals surface area contributed by atoms with E-state index in [1.807, 2.05) is 5.38 Å². The summed E-state index contributed by atoms with van der Waals surface area (Å²) >= 11 is 3.36. The second kappa shape index (κ2) is 11.2. The van der Waals surface area contributed by atoms with Crippen LogP contribution in [0.15, 0.2) is 23.0 Å². The summed E-state index contributed by atoms with van der Waals surface area (Å²) in [7, 11) is 0. The molecule has 3 N–H and O–H groups in total. The highest BCUT2D eigenvalue weighted by Gasteiger charge is 2.05. The van der Waals surface area contributed by atoms with Gasteiger partial charge in [0.05, 0.1) is 5.69 Å². The van der Waals surface area contributed by atoms with Gasteiger partial charge in [0, 0.05) is 35.7 Å². The van der Waals surface area contributed by atoms with Crippen molar-refractivity contribution in [3.63, 3.8) is 0 Å². The lowest BCUT2D eigenvalue weighted by molar-refractivity contribution is -0.463. The van der Waals surface area contributed by atoms with Gasteiger partial charge in [0.1, 0.15) is 5.01 Å². The smallest absolute Gasteiger partial charge is 0.259 e. The summed E-state index contributed by atoms with van der Waals surface area (Å²) < 4.78 is 0. The monoisotopic (exact) mass is 343 g/mol. The topological polar surface area (TPSA) is 106 Å². The normalized spacial score (nSPS) is 11.4. The number of thioether (sulfide) groups is 1. The zero-order valence-corrected chi connectivity index (χ0v) is 14.0. The molecule has 0 saturated carbocycles. The molecular formula is C13H21N5O2S2. The third-order valence-corrected chi connectivity index (χ3v) is 4.50. The third-order valence-electron chi connectivity index (χ3n) is 2.50. The van der Waals surface area contributed by atoms with Gasteiger partial charge in [0.25, 0.3) is 6.54 Å². The minimum atomic E-state index is -0.388. The molecule has 0 amide bonds. The quantitative estimate of drug-likeness (QED) is 0.158. The van der Waals surface area contributed by atoms with Gasteiger partial charge in [0.2, 0.25) is 0 Å². The van der Waals surface area contributed by atoms with Crippen LogP contribution in [0.4, 0.5) is 0 Å². The Labute approximate surface area is 138 Å². The van der Waals surface area contributed by atoms with Crippen LogP contribution in [0.25, 0.3) is 0 Å². The maximum atomic E-state index is 10.5. The Balaban J connectivity index is 2.21. The molecule has 0 spiro atoms. The molecule has 1 heterocycles. The summed E-state index contributed by atoms with van der Waals surface area (Å²) in [4.78, 5) is 18.8. The molecule has 0 aliphatic heterocycles. The fourth-order valence-corrected chi connectivity index (χ4v) is 3.15. The Morgan fingerprint density at radius 1 is 1.68 bits per heavy atom. The van der Waals surface area contributed by atoms with Crippen LogP contribution >= 0.6 is 23.1 Å². The molecule has 7 nitrogen and oxygen atoms in total. The van der Waals surface area contributed by atoms with Crippen molar-refractivity contribution in [1.29, 1.82) is 0 Å². The van der Waals surface area contributed by atoms with Gasteiger partial charge in [-0.2, -0.15) is 11.8 Å². The first-order chi connectivity index (χ1) is 10.7. The van der Waals surface area contributed by atoms with Gasteiger partial charge >= 0.3 is 0 Å². The van der Waals surface area contributed by atoms with E-state index in [1.165, 1.54) is 0 Å². The van der Waals surface area contributed by atoms with E-state index in [0.29, 0.717) is 25.5 Å². The fourth-order valence-electron chi connectivity index (χ4n) is 1.54. The molecule has 0 atom stereocenters. The van der Waals surface area contributed by atoms with Gasteiger partial charge in [-0.3, -0.25) is 15.1 Å². The SMILES string of the molecule is C=CCNC(C[N+](=O)[O-])=NCCCSCc1csc(CN)n1. The van der Waals surface area contributed by atoms with Gasteiger partial charge in [0.15, 0.2) is 5.84 Å². The van der Waals surface area contributed by atoms with Crippen molar-refractivity contribution >= 4 is 28.9 Å². The highest BCUT2D eigenvalue weighted by molar-refractivity contribution is 7.98. The maximum absolute atomic E-state index is 10.5. The molecule has 0 aliphatic rings. The van der Waals surface area contributed by atoms with Crippen LogP contribution in [-0.2, 0) is 12.3 Å². The zero-order chi connectivity index (χ0) is 16.2. The summed E-state index contributed by atoms with van der Waals surface area (Å²) in [5.41, 5.74) is 6.58. The van der Waals surface area contributed by atoms with Crippen molar-refractivity contribution in [3.8, 4) is 0 Å². The Morgan fingerprint density at radius 2 is 2.50 bits per heavy atom. The molecule has 0 fully saturated rings. The molecule has 0 unspecified atom stereocenters. The van der Waals surface area contributed by atoms with Gasteiger partial charge in [-0.25, -0.2) is 4.98 Å². The molecule has 1 aromatic heterocycles. The Hall–Kier alpha value is -1.45. The first kappa shape index (κ1) is 18.6. The van der Waals surface area contributed by atoms with Crippen molar-refractivity contribution in [1.82, 2.24) is 10.3 Å². The number of nitro groups is 1. The number of amidine groups is 1. The van der Waals surface area contributed by atoms with E-state index in [9.17, 15) is 10.1 Å². The second-order valence-corrected chi connectivity index (χ2v) is 6.38. The minimum Gasteiger partial charge on any atom is -0.365 e. The van der Waals surface area contributed by atoms with Crippen LogP contribution < -0.4 is 11.1 Å². The summed E-state index contributed by atoms with van der Waals surface area (Å²) in [5.74, 6) is 2.20. The van der Waals surface area contributed by atoms with Crippen molar-refractivity contribution in [2.75, 3.05) is 25.4 Å². The fraction of sp³-hybridized carbons (Fsp3) is 0.538. The van der Waals surface area contributed by atoms with Crippen LogP contribution in [-0.4, -0.2) is 41.1 Å². The zero-order valence-electron chi connectivity index (χ0n) is 12.4. The highest BCUT2D eigenvalue weighted by atomic mass is 32.2. The van der Waals surface area contributed by atoms with E-state index in [1.54, 1.807) is 29.2 Å². The lowest BCUT2D eigenvalue weighted by Crippen LogP contribution is -2.30. The number of rotatable bonds is 11. The summed E-state index contributed by atoms with van der Waals surface area (Å²) in [6.45, 7) is 4.83. The highest BCUT2D eigenvalue weighted by Crippen LogP contribution is 2.16. The van der Waals surface area contributed by atoms with Gasteiger partial charge in [-0.15, -0.1) is 17.9 Å². The summed E-state index contributed by atoms with van der Waals surface area (Å²) in [5, 5.41) is 16.4. The lowest BCUT2D eigenvalue weighted by Gasteiger charge is -2.04. The predicted octanol–water partition coefficient (Wildman–Crippen LogP) is 1.68. The molecule has 1 rings (SSSR count). The Morgan fingerprint density at radius 3 is 3.14 bits per heavy atom. The van der Waals surface area contributed by atoms with E-state index < -0.39 is 0 Å². The number of nitrogens with zero attached hydrogens (tertiary/aromatic N) is 3. The van der Waals surface area contributed by atoms with Crippen molar-refractivity contribution < 1.29 is 4.92 Å². The minimum absolute atomic E-state index is 0.276. The number of aromatic nitrogens is 1. The first-order valence-corrected chi connectivity index (χ1v) is 8.90. The van der Waals surface area contributed by atoms with Crippen LogP contribution in [0.5, 0.6) is 0 Å². The van der Waals surface area contributed by atoms with Crippen molar-refractivity contribution in [2.45, 2.75) is 18.7 Å². The molecule has 0 saturated heterocycles. The van der Waals surface area contributed by atoms with Crippen LogP contribution in [0.1, 0.15) is 17.1 Å². The van der Waals surface area contributed by atoms with E-state index in [-0.39, 0.29) is 11.5 Å². The van der Waals surface area contributed by atoms with Crippen LogP contribution in [0.2, 0.25) is 0 Å². The number of nitrogens with two attached hydrogens (primary N) is 1. The van der Waals surface area contributed by atoms with Gasteiger partial charge < -0.3 is 11.1 Å². The second-order valence-electron chi connectivity index (χ2n) is 4.33.